The SMILES string of the molecule is N#CCCN1C(=O)CC[C@H]1C(=O)N1CCC2(S(=O)(=O)c3ccc(F)cc3)c3ncc(C(F)(C(F)(F)F)C(F)(F)F)cc3CCC12. The van der Waals surface area contributed by atoms with Crippen LogP contribution in [0.3, 0.4) is 0 Å². The van der Waals surface area contributed by atoms with Gasteiger partial charge in [-0.2, -0.15) is 31.6 Å². The van der Waals surface area contributed by atoms with Gasteiger partial charge in [0.2, 0.25) is 11.8 Å². The van der Waals surface area contributed by atoms with Crippen molar-refractivity contribution >= 4 is 21.7 Å². The molecular formula is C28H24F8N4O4S. The van der Waals surface area contributed by atoms with E-state index in [1.165, 1.54) is 9.80 Å². The Kier molecular flexibility index (Phi) is 7.90. The molecule has 2 aliphatic heterocycles. The molecule has 2 aromatic rings. The lowest BCUT2D eigenvalue weighted by Crippen LogP contribution is -2.56. The fourth-order valence-electron chi connectivity index (χ4n) is 6.74. The van der Waals surface area contributed by atoms with Crippen LogP contribution in [-0.4, -0.2) is 72.5 Å². The van der Waals surface area contributed by atoms with Crippen LogP contribution in [0.1, 0.15) is 48.9 Å². The molecule has 3 aliphatic rings. The number of hydrogen-bond donors (Lipinski definition) is 0. The molecule has 2 fully saturated rings. The first-order valence-electron chi connectivity index (χ1n) is 13.7. The summed E-state index contributed by atoms with van der Waals surface area (Å²) in [7, 11) is -4.71. The number of amides is 2. The minimum Gasteiger partial charge on any atom is -0.336 e. The van der Waals surface area contributed by atoms with Gasteiger partial charge in [0.25, 0.3) is 0 Å². The molecule has 8 nitrogen and oxygen atoms in total. The second-order valence-electron chi connectivity index (χ2n) is 11.1. The van der Waals surface area contributed by atoms with E-state index in [1.54, 1.807) is 0 Å². The van der Waals surface area contributed by atoms with Gasteiger partial charge in [-0.25, -0.2) is 17.2 Å². The number of aryl methyl sites for hydroxylation is 1. The molecular weight excluding hydrogens is 640 g/mol. The van der Waals surface area contributed by atoms with Crippen LogP contribution in [0.5, 0.6) is 0 Å². The molecule has 0 bridgehead atoms. The molecule has 1 aromatic carbocycles. The number of sulfone groups is 1. The van der Waals surface area contributed by atoms with Gasteiger partial charge in [0, 0.05) is 31.3 Å². The highest BCUT2D eigenvalue weighted by Gasteiger charge is 2.74. The third kappa shape index (κ3) is 4.83. The maximum absolute atomic E-state index is 15.0. The van der Waals surface area contributed by atoms with Crippen molar-refractivity contribution < 1.29 is 53.1 Å². The molecule has 1 aromatic heterocycles. The number of aromatic nitrogens is 1. The van der Waals surface area contributed by atoms with Crippen molar-refractivity contribution in [2.24, 2.45) is 0 Å². The largest absolute Gasteiger partial charge is 0.436 e. The molecule has 0 saturated carbocycles. The quantitative estimate of drug-likeness (QED) is 0.329. The van der Waals surface area contributed by atoms with Crippen molar-refractivity contribution in [1.82, 2.24) is 14.8 Å². The predicted octanol–water partition coefficient (Wildman–Crippen LogP) is 4.63. The van der Waals surface area contributed by atoms with Gasteiger partial charge in [0.15, 0.2) is 9.84 Å². The molecule has 2 unspecified atom stereocenters. The summed E-state index contributed by atoms with van der Waals surface area (Å²) >= 11 is 0. The van der Waals surface area contributed by atoms with Gasteiger partial charge < -0.3 is 9.80 Å². The number of pyridine rings is 1. The van der Waals surface area contributed by atoms with Crippen molar-refractivity contribution in [2.75, 3.05) is 13.1 Å². The maximum atomic E-state index is 15.0. The van der Waals surface area contributed by atoms with Gasteiger partial charge in [-0.15, -0.1) is 0 Å². The highest BCUT2D eigenvalue weighted by atomic mass is 32.2. The predicted molar refractivity (Wildman–Crippen MR) is 138 cm³/mol. The van der Waals surface area contributed by atoms with E-state index in [9.17, 15) is 53.1 Å². The number of likely N-dealkylation sites (tertiary alicyclic amines) is 2. The van der Waals surface area contributed by atoms with Crippen molar-refractivity contribution in [3.63, 3.8) is 0 Å². The van der Waals surface area contributed by atoms with Crippen LogP contribution in [0, 0.1) is 17.1 Å². The highest BCUT2D eigenvalue weighted by molar-refractivity contribution is 7.92. The van der Waals surface area contributed by atoms with Crippen LogP contribution in [0.4, 0.5) is 35.1 Å². The lowest BCUT2D eigenvalue weighted by molar-refractivity contribution is -0.348. The second-order valence-corrected chi connectivity index (χ2v) is 13.3. The molecule has 2 saturated heterocycles. The van der Waals surface area contributed by atoms with E-state index in [2.05, 4.69) is 4.98 Å². The van der Waals surface area contributed by atoms with E-state index in [-0.39, 0.29) is 62.9 Å². The Morgan fingerprint density at radius 1 is 1.04 bits per heavy atom. The molecule has 0 N–H and O–H groups in total. The van der Waals surface area contributed by atoms with Crippen LogP contribution in [0.15, 0.2) is 41.4 Å². The van der Waals surface area contributed by atoms with E-state index in [1.807, 2.05) is 6.07 Å². The minimum atomic E-state index is -6.43. The van der Waals surface area contributed by atoms with Gasteiger partial charge in [0.05, 0.1) is 29.1 Å². The smallest absolute Gasteiger partial charge is 0.336 e. The van der Waals surface area contributed by atoms with Crippen LogP contribution < -0.4 is 0 Å². The molecule has 0 radical (unpaired) electrons. The summed E-state index contributed by atoms with van der Waals surface area (Å²) in [5.74, 6) is -1.82. The Morgan fingerprint density at radius 3 is 2.29 bits per heavy atom. The zero-order chi connectivity index (χ0) is 33.2. The van der Waals surface area contributed by atoms with E-state index in [0.29, 0.717) is 6.07 Å². The van der Waals surface area contributed by atoms with Crippen LogP contribution >= 0.6 is 0 Å². The molecule has 5 rings (SSSR count). The number of nitrogens with zero attached hydrogens (tertiary/aromatic N) is 4. The lowest BCUT2D eigenvalue weighted by atomic mass is 9.80. The molecule has 45 heavy (non-hydrogen) atoms. The number of hydrogen-bond acceptors (Lipinski definition) is 6. The van der Waals surface area contributed by atoms with Gasteiger partial charge in [-0.3, -0.25) is 14.6 Å². The van der Waals surface area contributed by atoms with E-state index >= 15 is 0 Å². The topological polar surface area (TPSA) is 111 Å². The molecule has 17 heteroatoms. The highest BCUT2D eigenvalue weighted by Crippen LogP contribution is 2.56. The number of carbonyl (C=O) groups is 2. The number of carbonyl (C=O) groups excluding carboxylic acids is 2. The Balaban J connectivity index is 1.65. The van der Waals surface area contributed by atoms with Crippen LogP contribution in [0.25, 0.3) is 0 Å². The maximum Gasteiger partial charge on any atom is 0.436 e. The van der Waals surface area contributed by atoms with Crippen molar-refractivity contribution in [3.8, 4) is 6.07 Å². The number of rotatable bonds is 6. The summed E-state index contributed by atoms with van der Waals surface area (Å²) in [6, 6.07) is 3.47. The average molecular weight is 665 g/mol. The fraction of sp³-hybridized carbons (Fsp3) is 0.500. The second kappa shape index (κ2) is 10.9. The Bertz CT molecular complexity index is 1660. The van der Waals surface area contributed by atoms with E-state index in [0.717, 1.165) is 24.3 Å². The van der Waals surface area contributed by atoms with Gasteiger partial charge in [0.1, 0.15) is 16.6 Å². The summed E-state index contributed by atoms with van der Waals surface area (Å²) < 4.78 is 136. The van der Waals surface area contributed by atoms with Gasteiger partial charge in [-0.1, -0.05) is 0 Å². The van der Waals surface area contributed by atoms with E-state index < -0.39 is 79.0 Å². The molecule has 2 amide bonds. The summed E-state index contributed by atoms with van der Waals surface area (Å²) in [6.45, 7) is -0.304. The fourth-order valence-corrected chi connectivity index (χ4v) is 9.05. The van der Waals surface area contributed by atoms with Crippen LogP contribution in [-0.2, 0) is 36.3 Å². The summed E-state index contributed by atoms with van der Waals surface area (Å²) in [4.78, 5) is 32.1. The Morgan fingerprint density at radius 2 is 1.69 bits per heavy atom. The van der Waals surface area contributed by atoms with Crippen molar-refractivity contribution in [3.05, 3.63) is 59.2 Å². The molecule has 0 spiro atoms. The van der Waals surface area contributed by atoms with E-state index in [4.69, 9.17) is 5.26 Å². The summed E-state index contributed by atoms with van der Waals surface area (Å²) in [6.07, 6.45) is -13.9. The Labute approximate surface area is 251 Å². The number of fused-ring (bicyclic) bond motifs is 3. The number of benzene rings is 1. The first-order chi connectivity index (χ1) is 20.9. The average Bonchev–Trinajstić information content (AvgIpc) is 3.55. The summed E-state index contributed by atoms with van der Waals surface area (Å²) in [5, 5.41) is 8.98. The molecule has 1 aliphatic carbocycles. The normalized spacial score (nSPS) is 23.9. The van der Waals surface area contributed by atoms with Gasteiger partial charge in [-0.05, 0) is 61.6 Å². The lowest BCUT2D eigenvalue weighted by Gasteiger charge is -2.42. The first-order valence-corrected chi connectivity index (χ1v) is 15.2. The first kappa shape index (κ1) is 32.6. The van der Waals surface area contributed by atoms with Gasteiger partial charge >= 0.3 is 18.0 Å². The van der Waals surface area contributed by atoms with Crippen molar-refractivity contribution in [2.45, 2.75) is 78.3 Å². The minimum absolute atomic E-state index is 0.00405. The standard InChI is InChI=1S/C28H24F8N4O4S/c29-18-3-5-19(6-4-18)45(43,44)25-10-13-40(24(42)20-7-9-22(41)39(20)12-1-11-37)21(25)8-2-16-14-17(15-38-23(16)25)26(30,27(31,32)33)28(34,35)36/h3-6,14-15,20-21H,1-2,7-10,12-13H2/t20-,21?,25?/m0/s1. The molecule has 3 heterocycles. The third-order valence-electron chi connectivity index (χ3n) is 8.84. The summed E-state index contributed by atoms with van der Waals surface area (Å²) in [5.41, 5.74) is -8.51. The number of alkyl halides is 7. The monoisotopic (exact) mass is 664 g/mol. The van der Waals surface area contributed by atoms with Crippen LogP contribution in [0.2, 0.25) is 0 Å². The zero-order valence-electron chi connectivity index (χ0n) is 23.1. The number of nitriles is 1. The molecule has 3 atom stereocenters. The van der Waals surface area contributed by atoms with Crippen molar-refractivity contribution in [1.29, 1.82) is 5.26 Å². The Hall–Kier alpha value is -3.81. The molecule has 242 valence electrons. The number of halogens is 8. The zero-order valence-corrected chi connectivity index (χ0v) is 23.9. The third-order valence-corrected chi connectivity index (χ3v) is 11.4.